The van der Waals surface area contributed by atoms with E-state index in [1.54, 1.807) is 12.1 Å². The smallest absolute Gasteiger partial charge is 0.406 e. The minimum Gasteiger partial charge on any atom is -0.406 e. The lowest BCUT2D eigenvalue weighted by Gasteiger charge is -2.27. The Morgan fingerprint density at radius 2 is 1.68 bits per heavy atom. The standard InChI is InChI=1S/C12H15F3N2O.ClH/c13-12(14,15)18-11-3-1-10(2-4-11)9-17-7-5-16-6-8-17;/h1-4,16H,5-9H2;1H. The summed E-state index contributed by atoms with van der Waals surface area (Å²) in [5, 5.41) is 3.25. The second-order valence-corrected chi connectivity index (χ2v) is 4.22. The van der Waals surface area contributed by atoms with Crippen molar-refractivity contribution in [3.05, 3.63) is 29.8 Å². The Bertz CT molecular complexity index is 378. The number of ether oxygens (including phenoxy) is 1. The molecule has 1 N–H and O–H groups in total. The maximum absolute atomic E-state index is 12.0. The number of benzene rings is 1. The summed E-state index contributed by atoms with van der Waals surface area (Å²) in [5.74, 6) is -0.174. The lowest BCUT2D eigenvalue weighted by Crippen LogP contribution is -2.42. The fourth-order valence-electron chi connectivity index (χ4n) is 1.92. The highest BCUT2D eigenvalue weighted by Crippen LogP contribution is 2.23. The highest BCUT2D eigenvalue weighted by atomic mass is 35.5. The maximum atomic E-state index is 12.0. The van der Waals surface area contributed by atoms with Crippen molar-refractivity contribution in [2.45, 2.75) is 12.9 Å². The lowest BCUT2D eigenvalue weighted by molar-refractivity contribution is -0.274. The third-order valence-electron chi connectivity index (χ3n) is 2.77. The van der Waals surface area contributed by atoms with E-state index < -0.39 is 6.36 Å². The summed E-state index contributed by atoms with van der Waals surface area (Å²) in [6, 6.07) is 6.04. The molecule has 108 valence electrons. The first-order chi connectivity index (χ1) is 8.53. The van der Waals surface area contributed by atoms with Gasteiger partial charge in [0.25, 0.3) is 0 Å². The van der Waals surface area contributed by atoms with Gasteiger partial charge in [-0.05, 0) is 17.7 Å². The predicted molar refractivity (Wildman–Crippen MR) is 68.5 cm³/mol. The molecule has 3 nitrogen and oxygen atoms in total. The molecule has 0 aromatic heterocycles. The zero-order valence-corrected chi connectivity index (χ0v) is 11.1. The van der Waals surface area contributed by atoms with Crippen molar-refractivity contribution < 1.29 is 17.9 Å². The first-order valence-corrected chi connectivity index (χ1v) is 5.81. The second-order valence-electron chi connectivity index (χ2n) is 4.22. The maximum Gasteiger partial charge on any atom is 0.573 e. The van der Waals surface area contributed by atoms with Gasteiger partial charge in [0.2, 0.25) is 0 Å². The highest BCUT2D eigenvalue weighted by molar-refractivity contribution is 5.85. The molecular formula is C12H16ClF3N2O. The Kier molecular flexibility index (Phi) is 5.90. The molecule has 2 rings (SSSR count). The van der Waals surface area contributed by atoms with E-state index in [1.165, 1.54) is 12.1 Å². The van der Waals surface area contributed by atoms with Crippen molar-refractivity contribution in [2.24, 2.45) is 0 Å². The van der Waals surface area contributed by atoms with Crippen LogP contribution in [0.5, 0.6) is 5.75 Å². The molecule has 0 spiro atoms. The van der Waals surface area contributed by atoms with E-state index in [-0.39, 0.29) is 18.2 Å². The van der Waals surface area contributed by atoms with Gasteiger partial charge in [0, 0.05) is 32.7 Å². The molecule has 1 saturated heterocycles. The van der Waals surface area contributed by atoms with Crippen molar-refractivity contribution in [1.29, 1.82) is 0 Å². The summed E-state index contributed by atoms with van der Waals surface area (Å²) in [6.07, 6.45) is -4.62. The Labute approximate surface area is 116 Å². The summed E-state index contributed by atoms with van der Waals surface area (Å²) in [4.78, 5) is 2.26. The Balaban J connectivity index is 0.00000180. The van der Waals surface area contributed by atoms with Crippen LogP contribution in [0.25, 0.3) is 0 Å². The molecule has 0 unspecified atom stereocenters. The van der Waals surface area contributed by atoms with E-state index in [2.05, 4.69) is 15.0 Å². The number of nitrogens with zero attached hydrogens (tertiary/aromatic N) is 1. The third-order valence-corrected chi connectivity index (χ3v) is 2.77. The molecule has 1 heterocycles. The minimum absolute atomic E-state index is 0. The summed E-state index contributed by atoms with van der Waals surface area (Å²) in [6.45, 7) is 4.58. The molecule has 1 aliphatic heterocycles. The average Bonchev–Trinajstić information content (AvgIpc) is 2.31. The van der Waals surface area contributed by atoms with Gasteiger partial charge in [0.1, 0.15) is 5.75 Å². The summed E-state index contributed by atoms with van der Waals surface area (Å²) in [5.41, 5.74) is 0.992. The van der Waals surface area contributed by atoms with Crippen molar-refractivity contribution in [3.8, 4) is 5.75 Å². The van der Waals surface area contributed by atoms with Crippen LogP contribution in [0.1, 0.15) is 5.56 Å². The molecule has 19 heavy (non-hydrogen) atoms. The van der Waals surface area contributed by atoms with Crippen LogP contribution in [0.2, 0.25) is 0 Å². The summed E-state index contributed by atoms with van der Waals surface area (Å²) >= 11 is 0. The molecule has 1 aliphatic rings. The van der Waals surface area contributed by atoms with Crippen LogP contribution in [-0.4, -0.2) is 37.4 Å². The first kappa shape index (κ1) is 16.1. The van der Waals surface area contributed by atoms with Gasteiger partial charge in [0.15, 0.2) is 0 Å². The van der Waals surface area contributed by atoms with Crippen molar-refractivity contribution >= 4 is 12.4 Å². The number of rotatable bonds is 3. The number of piperazine rings is 1. The third kappa shape index (κ3) is 5.67. The van der Waals surface area contributed by atoms with Gasteiger partial charge in [-0.2, -0.15) is 0 Å². The average molecular weight is 297 g/mol. The van der Waals surface area contributed by atoms with E-state index >= 15 is 0 Å². The van der Waals surface area contributed by atoms with Gasteiger partial charge in [-0.15, -0.1) is 25.6 Å². The van der Waals surface area contributed by atoms with E-state index in [0.29, 0.717) is 0 Å². The molecule has 1 aromatic carbocycles. The van der Waals surface area contributed by atoms with E-state index in [1.807, 2.05) is 0 Å². The van der Waals surface area contributed by atoms with Crippen LogP contribution in [0, 0.1) is 0 Å². The number of alkyl halides is 3. The van der Waals surface area contributed by atoms with Gasteiger partial charge in [0.05, 0.1) is 0 Å². The van der Waals surface area contributed by atoms with Crippen LogP contribution in [0.4, 0.5) is 13.2 Å². The monoisotopic (exact) mass is 296 g/mol. The minimum atomic E-state index is -4.62. The van der Waals surface area contributed by atoms with Crippen LogP contribution in [0.15, 0.2) is 24.3 Å². The van der Waals surface area contributed by atoms with Crippen molar-refractivity contribution in [1.82, 2.24) is 10.2 Å². The van der Waals surface area contributed by atoms with Gasteiger partial charge in [-0.1, -0.05) is 12.1 Å². The molecule has 0 atom stereocenters. The molecule has 1 aromatic rings. The predicted octanol–water partition coefficient (Wildman–Crippen LogP) is 2.41. The molecule has 0 bridgehead atoms. The normalized spacial score (nSPS) is 16.8. The molecule has 0 aliphatic carbocycles. The largest absolute Gasteiger partial charge is 0.573 e. The van der Waals surface area contributed by atoms with E-state index in [4.69, 9.17) is 0 Å². The second kappa shape index (κ2) is 6.98. The van der Waals surface area contributed by atoms with Crippen LogP contribution in [0.3, 0.4) is 0 Å². The Hall–Kier alpha value is -0.980. The van der Waals surface area contributed by atoms with Crippen molar-refractivity contribution in [2.75, 3.05) is 26.2 Å². The topological polar surface area (TPSA) is 24.5 Å². The fraction of sp³-hybridized carbons (Fsp3) is 0.500. The lowest BCUT2D eigenvalue weighted by atomic mass is 10.2. The summed E-state index contributed by atoms with van der Waals surface area (Å²) < 4.78 is 39.8. The highest BCUT2D eigenvalue weighted by Gasteiger charge is 2.30. The van der Waals surface area contributed by atoms with Gasteiger partial charge < -0.3 is 10.1 Å². The zero-order valence-electron chi connectivity index (χ0n) is 10.2. The molecule has 0 amide bonds. The van der Waals surface area contributed by atoms with Gasteiger partial charge >= 0.3 is 6.36 Å². The Morgan fingerprint density at radius 3 is 2.21 bits per heavy atom. The van der Waals surface area contributed by atoms with E-state index in [9.17, 15) is 13.2 Å². The van der Waals surface area contributed by atoms with E-state index in [0.717, 1.165) is 38.3 Å². The van der Waals surface area contributed by atoms with Crippen LogP contribution >= 0.6 is 12.4 Å². The zero-order chi connectivity index (χ0) is 13.0. The van der Waals surface area contributed by atoms with Crippen LogP contribution in [-0.2, 0) is 6.54 Å². The number of hydrogen-bond donors (Lipinski definition) is 1. The SMILES string of the molecule is Cl.FC(F)(F)Oc1ccc(CN2CCNCC2)cc1. The van der Waals surface area contributed by atoms with Gasteiger partial charge in [-0.3, -0.25) is 4.90 Å². The number of halogens is 4. The number of hydrogen-bond acceptors (Lipinski definition) is 3. The fourth-order valence-corrected chi connectivity index (χ4v) is 1.92. The number of nitrogens with one attached hydrogen (secondary N) is 1. The molecule has 0 saturated carbocycles. The Morgan fingerprint density at radius 1 is 1.11 bits per heavy atom. The molecular weight excluding hydrogens is 281 g/mol. The molecule has 0 radical (unpaired) electrons. The first-order valence-electron chi connectivity index (χ1n) is 5.81. The van der Waals surface area contributed by atoms with Gasteiger partial charge in [-0.25, -0.2) is 0 Å². The summed E-state index contributed by atoms with van der Waals surface area (Å²) in [7, 11) is 0. The quantitative estimate of drug-likeness (QED) is 0.927. The van der Waals surface area contributed by atoms with Crippen molar-refractivity contribution in [3.63, 3.8) is 0 Å². The molecule has 7 heteroatoms. The molecule has 1 fully saturated rings. The van der Waals surface area contributed by atoms with Crippen LogP contribution < -0.4 is 10.1 Å².